The summed E-state index contributed by atoms with van der Waals surface area (Å²) in [6, 6.07) is 18.5. The normalized spacial score (nSPS) is 18.2. The van der Waals surface area contributed by atoms with Gasteiger partial charge in [0.2, 0.25) is 0 Å². The van der Waals surface area contributed by atoms with Crippen LogP contribution in [0.15, 0.2) is 88.4 Å². The molecule has 25 heavy (non-hydrogen) atoms. The average molecular weight is 390 g/mol. The predicted molar refractivity (Wildman–Crippen MR) is 106 cm³/mol. The minimum absolute atomic E-state index is 0.00635. The van der Waals surface area contributed by atoms with Crippen LogP contribution in [0.5, 0.6) is 0 Å². The zero-order valence-corrected chi connectivity index (χ0v) is 15.3. The number of carbonyl (C=O) groups is 1. The van der Waals surface area contributed by atoms with Crippen molar-refractivity contribution in [3.05, 3.63) is 100 Å². The zero-order valence-electron chi connectivity index (χ0n) is 13.7. The highest BCUT2D eigenvalue weighted by molar-refractivity contribution is 9.12. The number of allylic oxidation sites excluding steroid dienone is 3. The second kappa shape index (κ2) is 6.08. The van der Waals surface area contributed by atoms with Crippen molar-refractivity contribution in [1.29, 1.82) is 0 Å². The van der Waals surface area contributed by atoms with Gasteiger partial charge < -0.3 is 0 Å². The van der Waals surface area contributed by atoms with Gasteiger partial charge >= 0.3 is 0 Å². The van der Waals surface area contributed by atoms with Crippen molar-refractivity contribution in [2.24, 2.45) is 4.99 Å². The van der Waals surface area contributed by atoms with E-state index >= 15 is 0 Å². The monoisotopic (exact) mass is 389 g/mol. The Morgan fingerprint density at radius 3 is 2.16 bits per heavy atom. The Kier molecular flexibility index (Phi) is 3.89. The second-order valence-corrected chi connectivity index (χ2v) is 7.07. The van der Waals surface area contributed by atoms with Crippen LogP contribution in [0.1, 0.15) is 16.7 Å². The molecule has 2 nitrogen and oxygen atoms in total. The highest BCUT2D eigenvalue weighted by atomic mass is 79.9. The highest BCUT2D eigenvalue weighted by Gasteiger charge is 2.40. The van der Waals surface area contributed by atoms with E-state index in [1.165, 1.54) is 5.56 Å². The smallest absolute Gasteiger partial charge is 0.178 e. The molecule has 0 radical (unpaired) electrons. The Hall–Kier alpha value is -2.52. The van der Waals surface area contributed by atoms with Gasteiger partial charge in [0.15, 0.2) is 5.78 Å². The number of halogens is 1. The summed E-state index contributed by atoms with van der Waals surface area (Å²) < 4.78 is 0.964. The maximum absolute atomic E-state index is 11.7. The van der Waals surface area contributed by atoms with E-state index in [9.17, 15) is 4.79 Å². The first-order chi connectivity index (χ1) is 12.1. The third-order valence-corrected chi connectivity index (χ3v) is 5.29. The van der Waals surface area contributed by atoms with Crippen molar-refractivity contribution in [2.45, 2.75) is 12.5 Å². The van der Waals surface area contributed by atoms with Gasteiger partial charge in [0, 0.05) is 11.1 Å². The molecule has 3 heteroatoms. The molecule has 1 heterocycles. The summed E-state index contributed by atoms with van der Waals surface area (Å²) in [5.74, 6) is -0.00635. The molecule has 0 unspecified atom stereocenters. The molecule has 2 aromatic rings. The number of nitrogens with zero attached hydrogens (tertiary/aromatic N) is 1. The van der Waals surface area contributed by atoms with Crippen LogP contribution in [0.4, 0.5) is 0 Å². The van der Waals surface area contributed by atoms with E-state index in [-0.39, 0.29) is 5.78 Å². The number of rotatable bonds is 2. The van der Waals surface area contributed by atoms with Gasteiger partial charge in [-0.15, -0.1) is 0 Å². The van der Waals surface area contributed by atoms with Crippen LogP contribution in [0.3, 0.4) is 0 Å². The van der Waals surface area contributed by atoms with Crippen LogP contribution in [0.2, 0.25) is 0 Å². The molecule has 0 amide bonds. The Morgan fingerprint density at radius 2 is 1.52 bits per heavy atom. The molecule has 4 rings (SSSR count). The Morgan fingerprint density at radius 1 is 0.880 bits per heavy atom. The first kappa shape index (κ1) is 16.0. The number of aryl methyl sites for hydroxylation is 1. The lowest BCUT2D eigenvalue weighted by atomic mass is 9.83. The molecule has 1 spiro atoms. The molecular formula is C22H16BrNO. The zero-order chi connectivity index (χ0) is 17.4. The summed E-state index contributed by atoms with van der Waals surface area (Å²) >= 11 is 3.78. The fraction of sp³-hybridized carbons (Fsp3) is 0.0909. The van der Waals surface area contributed by atoms with Crippen molar-refractivity contribution < 1.29 is 4.79 Å². The number of hydrogen-bond donors (Lipinski definition) is 0. The maximum atomic E-state index is 11.7. The highest BCUT2D eigenvalue weighted by Crippen LogP contribution is 2.45. The molecule has 0 N–H and O–H groups in total. The van der Waals surface area contributed by atoms with Crippen LogP contribution >= 0.6 is 15.9 Å². The number of aliphatic imine (C=N–C) groups is 1. The molecule has 2 aromatic carbocycles. The summed E-state index contributed by atoms with van der Waals surface area (Å²) in [6.45, 7) is 2.07. The minimum Gasteiger partial charge on any atom is -0.290 e. The van der Waals surface area contributed by atoms with Crippen molar-refractivity contribution in [1.82, 2.24) is 0 Å². The quantitative estimate of drug-likeness (QED) is 0.707. The van der Waals surface area contributed by atoms with Gasteiger partial charge in [0.25, 0.3) is 0 Å². The molecule has 2 aliphatic rings. The van der Waals surface area contributed by atoms with E-state index in [0.717, 1.165) is 26.9 Å². The molecule has 0 saturated carbocycles. The third kappa shape index (κ3) is 2.75. The molecule has 1 aliphatic heterocycles. The first-order valence-electron chi connectivity index (χ1n) is 8.14. The molecule has 0 saturated heterocycles. The first-order valence-corrected chi connectivity index (χ1v) is 8.94. The number of ketones is 1. The van der Waals surface area contributed by atoms with Gasteiger partial charge in [-0.1, -0.05) is 60.2 Å². The van der Waals surface area contributed by atoms with Crippen LogP contribution in [-0.4, -0.2) is 17.0 Å². The maximum Gasteiger partial charge on any atom is 0.178 e. The molecule has 1 aliphatic carbocycles. The van der Waals surface area contributed by atoms with Crippen LogP contribution in [0.25, 0.3) is 5.57 Å². The fourth-order valence-electron chi connectivity index (χ4n) is 3.22. The van der Waals surface area contributed by atoms with Crippen LogP contribution < -0.4 is 0 Å². The number of hydrogen-bond acceptors (Lipinski definition) is 2. The van der Waals surface area contributed by atoms with Gasteiger partial charge in [-0.05, 0) is 52.7 Å². The Balaban J connectivity index is 1.93. The van der Waals surface area contributed by atoms with Crippen molar-refractivity contribution in [2.75, 3.05) is 0 Å². The SMILES string of the molecule is Cc1ccc(C2=NC3(C=CC(=O)C=C3)C(c3ccccc3)=C2Br)cc1. The fourth-order valence-corrected chi connectivity index (χ4v) is 4.08. The Bertz CT molecular complexity index is 947. The largest absolute Gasteiger partial charge is 0.290 e. The minimum atomic E-state index is -0.645. The molecule has 0 aromatic heterocycles. The molecule has 0 atom stereocenters. The van der Waals surface area contributed by atoms with E-state index in [0.29, 0.717) is 0 Å². The lowest BCUT2D eigenvalue weighted by Gasteiger charge is -2.25. The van der Waals surface area contributed by atoms with Crippen molar-refractivity contribution >= 4 is 33.0 Å². The summed E-state index contributed by atoms with van der Waals surface area (Å²) in [4.78, 5) is 16.7. The Labute approximate surface area is 155 Å². The summed E-state index contributed by atoms with van der Waals surface area (Å²) in [5, 5.41) is 0. The van der Waals surface area contributed by atoms with Crippen LogP contribution in [0, 0.1) is 6.92 Å². The molecule has 122 valence electrons. The van der Waals surface area contributed by atoms with Gasteiger partial charge in [-0.2, -0.15) is 0 Å². The number of benzene rings is 2. The summed E-state index contributed by atoms with van der Waals surface area (Å²) in [5.41, 5.74) is 4.67. The predicted octanol–water partition coefficient (Wildman–Crippen LogP) is 5.04. The topological polar surface area (TPSA) is 29.4 Å². The third-order valence-electron chi connectivity index (χ3n) is 4.52. The second-order valence-electron chi connectivity index (χ2n) is 6.28. The van der Waals surface area contributed by atoms with E-state index < -0.39 is 5.54 Å². The summed E-state index contributed by atoms with van der Waals surface area (Å²) in [6.07, 6.45) is 6.98. The van der Waals surface area contributed by atoms with Gasteiger partial charge in [-0.3, -0.25) is 9.79 Å². The van der Waals surface area contributed by atoms with Crippen LogP contribution in [-0.2, 0) is 4.79 Å². The molecule has 0 bridgehead atoms. The van der Waals surface area contributed by atoms with E-state index in [2.05, 4.69) is 59.3 Å². The molecular weight excluding hydrogens is 374 g/mol. The summed E-state index contributed by atoms with van der Waals surface area (Å²) in [7, 11) is 0. The van der Waals surface area contributed by atoms with Crippen molar-refractivity contribution in [3.8, 4) is 0 Å². The average Bonchev–Trinajstić information content (AvgIpc) is 2.91. The van der Waals surface area contributed by atoms with E-state index in [1.807, 2.05) is 30.4 Å². The van der Waals surface area contributed by atoms with Gasteiger partial charge in [-0.25, -0.2) is 0 Å². The van der Waals surface area contributed by atoms with Gasteiger partial charge in [0.05, 0.1) is 10.2 Å². The van der Waals surface area contributed by atoms with Gasteiger partial charge in [0.1, 0.15) is 5.54 Å². The number of carbonyl (C=O) groups excluding carboxylic acids is 1. The standard InChI is InChI=1S/C22H16BrNO/c1-15-7-9-17(10-8-15)21-20(23)19(16-5-3-2-4-6-16)22(24-21)13-11-18(25)12-14-22/h2-14H,1H3. The van der Waals surface area contributed by atoms with E-state index in [1.54, 1.807) is 12.2 Å². The van der Waals surface area contributed by atoms with Crippen molar-refractivity contribution in [3.63, 3.8) is 0 Å². The lowest BCUT2D eigenvalue weighted by Crippen LogP contribution is -2.23. The lowest BCUT2D eigenvalue weighted by molar-refractivity contribution is -0.110. The molecule has 0 fully saturated rings. The van der Waals surface area contributed by atoms with E-state index in [4.69, 9.17) is 4.99 Å².